The van der Waals surface area contributed by atoms with Crippen LogP contribution in [0.5, 0.6) is 5.75 Å². The molecule has 0 aromatic heterocycles. The predicted octanol–water partition coefficient (Wildman–Crippen LogP) is 2.77. The standard InChI is InChI=1S/C14H23NO2/c1-11(2)17-10-9-15-12(3)13-7-5-6-8-14(13)16-4/h5-8,11-12,15H,9-10H2,1-4H3/t12-/m1/s1. The highest BCUT2D eigenvalue weighted by Crippen LogP contribution is 2.23. The molecule has 17 heavy (non-hydrogen) atoms. The molecule has 0 aliphatic carbocycles. The topological polar surface area (TPSA) is 30.5 Å². The molecule has 0 heterocycles. The minimum absolute atomic E-state index is 0.266. The minimum atomic E-state index is 0.266. The summed E-state index contributed by atoms with van der Waals surface area (Å²) >= 11 is 0. The van der Waals surface area contributed by atoms with Crippen molar-refractivity contribution in [2.24, 2.45) is 0 Å². The molecule has 96 valence electrons. The molecule has 0 saturated heterocycles. The van der Waals surface area contributed by atoms with Crippen LogP contribution < -0.4 is 10.1 Å². The summed E-state index contributed by atoms with van der Waals surface area (Å²) in [6, 6.07) is 8.34. The van der Waals surface area contributed by atoms with Crippen LogP contribution in [0.4, 0.5) is 0 Å². The smallest absolute Gasteiger partial charge is 0.123 e. The molecule has 0 radical (unpaired) electrons. The summed E-state index contributed by atoms with van der Waals surface area (Å²) in [5, 5.41) is 3.42. The van der Waals surface area contributed by atoms with Gasteiger partial charge in [0.05, 0.1) is 19.8 Å². The van der Waals surface area contributed by atoms with Crippen LogP contribution >= 0.6 is 0 Å². The molecule has 1 N–H and O–H groups in total. The second kappa shape index (κ2) is 7.30. The lowest BCUT2D eigenvalue weighted by Gasteiger charge is -2.17. The van der Waals surface area contributed by atoms with E-state index >= 15 is 0 Å². The van der Waals surface area contributed by atoms with Crippen LogP contribution in [0.25, 0.3) is 0 Å². The van der Waals surface area contributed by atoms with Gasteiger partial charge in [0, 0.05) is 18.2 Å². The highest BCUT2D eigenvalue weighted by molar-refractivity contribution is 5.35. The Kier molecular flexibility index (Phi) is 6.01. The Bertz CT molecular complexity index is 326. The number of hydrogen-bond donors (Lipinski definition) is 1. The maximum absolute atomic E-state index is 5.49. The molecule has 1 aromatic rings. The van der Waals surface area contributed by atoms with E-state index in [0.29, 0.717) is 6.10 Å². The maximum atomic E-state index is 5.49. The molecule has 0 bridgehead atoms. The second-order valence-corrected chi connectivity index (χ2v) is 4.34. The van der Waals surface area contributed by atoms with E-state index in [-0.39, 0.29) is 6.04 Å². The van der Waals surface area contributed by atoms with Crippen molar-refractivity contribution >= 4 is 0 Å². The van der Waals surface area contributed by atoms with Crippen LogP contribution in [0.1, 0.15) is 32.4 Å². The Morgan fingerprint density at radius 3 is 2.53 bits per heavy atom. The Labute approximate surface area is 104 Å². The van der Waals surface area contributed by atoms with E-state index in [1.54, 1.807) is 7.11 Å². The van der Waals surface area contributed by atoms with Crippen molar-refractivity contribution in [3.63, 3.8) is 0 Å². The van der Waals surface area contributed by atoms with Gasteiger partial charge in [-0.05, 0) is 26.8 Å². The van der Waals surface area contributed by atoms with Gasteiger partial charge in [-0.2, -0.15) is 0 Å². The highest BCUT2D eigenvalue weighted by Gasteiger charge is 2.09. The Balaban J connectivity index is 2.43. The van der Waals surface area contributed by atoms with E-state index in [0.717, 1.165) is 18.9 Å². The average molecular weight is 237 g/mol. The van der Waals surface area contributed by atoms with Crippen LogP contribution in [0.2, 0.25) is 0 Å². The largest absolute Gasteiger partial charge is 0.496 e. The van der Waals surface area contributed by atoms with Gasteiger partial charge in [-0.1, -0.05) is 18.2 Å². The molecule has 0 saturated carbocycles. The molecule has 1 aromatic carbocycles. The highest BCUT2D eigenvalue weighted by atomic mass is 16.5. The molecule has 1 atom stereocenters. The molecule has 3 heteroatoms. The lowest BCUT2D eigenvalue weighted by atomic mass is 10.1. The van der Waals surface area contributed by atoms with E-state index < -0.39 is 0 Å². The number of rotatable bonds is 7. The van der Waals surface area contributed by atoms with E-state index in [1.165, 1.54) is 5.56 Å². The Hall–Kier alpha value is -1.06. The first kappa shape index (κ1) is 14.0. The van der Waals surface area contributed by atoms with Crippen molar-refractivity contribution in [3.05, 3.63) is 29.8 Å². The van der Waals surface area contributed by atoms with Gasteiger partial charge in [0.2, 0.25) is 0 Å². The summed E-state index contributed by atoms with van der Waals surface area (Å²) in [4.78, 5) is 0. The second-order valence-electron chi connectivity index (χ2n) is 4.34. The number of benzene rings is 1. The number of ether oxygens (including phenoxy) is 2. The van der Waals surface area contributed by atoms with Crippen LogP contribution in [0.15, 0.2) is 24.3 Å². The lowest BCUT2D eigenvalue weighted by molar-refractivity contribution is 0.0796. The molecule has 0 spiro atoms. The van der Waals surface area contributed by atoms with Gasteiger partial charge in [0.25, 0.3) is 0 Å². The van der Waals surface area contributed by atoms with Crippen LogP contribution in [0.3, 0.4) is 0 Å². The fourth-order valence-corrected chi connectivity index (χ4v) is 1.70. The molecule has 0 aliphatic heterocycles. The zero-order chi connectivity index (χ0) is 12.7. The quantitative estimate of drug-likeness (QED) is 0.740. The van der Waals surface area contributed by atoms with E-state index in [1.807, 2.05) is 32.0 Å². The fraction of sp³-hybridized carbons (Fsp3) is 0.571. The van der Waals surface area contributed by atoms with Crippen LogP contribution in [-0.2, 0) is 4.74 Å². The Morgan fingerprint density at radius 1 is 1.18 bits per heavy atom. The van der Waals surface area contributed by atoms with E-state index in [2.05, 4.69) is 18.3 Å². The summed E-state index contributed by atoms with van der Waals surface area (Å²) in [5.74, 6) is 0.928. The lowest BCUT2D eigenvalue weighted by Crippen LogP contribution is -2.24. The van der Waals surface area contributed by atoms with Gasteiger partial charge in [0.15, 0.2) is 0 Å². The summed E-state index contributed by atoms with van der Waals surface area (Å²) in [6.07, 6.45) is 0.290. The molecule has 0 aliphatic rings. The number of nitrogens with one attached hydrogen (secondary N) is 1. The number of methoxy groups -OCH3 is 1. The molecule has 0 unspecified atom stereocenters. The first-order chi connectivity index (χ1) is 8.15. The molecule has 0 amide bonds. The van der Waals surface area contributed by atoms with Gasteiger partial charge < -0.3 is 14.8 Å². The SMILES string of the molecule is COc1ccccc1[C@@H](C)NCCOC(C)C. The van der Waals surface area contributed by atoms with Gasteiger partial charge in [-0.3, -0.25) is 0 Å². The predicted molar refractivity (Wildman–Crippen MR) is 70.5 cm³/mol. The zero-order valence-electron chi connectivity index (χ0n) is 11.2. The van der Waals surface area contributed by atoms with Crippen molar-refractivity contribution in [3.8, 4) is 5.75 Å². The number of hydrogen-bond acceptors (Lipinski definition) is 3. The third kappa shape index (κ3) is 4.75. The first-order valence-electron chi connectivity index (χ1n) is 6.13. The van der Waals surface area contributed by atoms with Gasteiger partial charge in [-0.15, -0.1) is 0 Å². The van der Waals surface area contributed by atoms with Gasteiger partial charge in [0.1, 0.15) is 5.75 Å². The summed E-state index contributed by atoms with van der Waals surface area (Å²) in [5.41, 5.74) is 1.18. The third-order valence-corrected chi connectivity index (χ3v) is 2.61. The van der Waals surface area contributed by atoms with Crippen molar-refractivity contribution < 1.29 is 9.47 Å². The molecular weight excluding hydrogens is 214 g/mol. The van der Waals surface area contributed by atoms with Gasteiger partial charge in [-0.25, -0.2) is 0 Å². The molecule has 0 fully saturated rings. The molecule has 1 rings (SSSR count). The summed E-state index contributed by atoms with van der Waals surface area (Å²) < 4.78 is 10.8. The van der Waals surface area contributed by atoms with Crippen LogP contribution in [0, 0.1) is 0 Å². The van der Waals surface area contributed by atoms with Crippen molar-refractivity contribution in [2.75, 3.05) is 20.3 Å². The fourth-order valence-electron chi connectivity index (χ4n) is 1.70. The summed E-state index contributed by atoms with van der Waals surface area (Å²) in [6.45, 7) is 7.80. The van der Waals surface area contributed by atoms with Crippen LogP contribution in [-0.4, -0.2) is 26.4 Å². The van der Waals surface area contributed by atoms with Crippen molar-refractivity contribution in [1.82, 2.24) is 5.32 Å². The first-order valence-corrected chi connectivity index (χ1v) is 6.13. The van der Waals surface area contributed by atoms with Gasteiger partial charge >= 0.3 is 0 Å². The summed E-state index contributed by atoms with van der Waals surface area (Å²) in [7, 11) is 1.70. The van der Waals surface area contributed by atoms with E-state index in [4.69, 9.17) is 9.47 Å². The molecule has 3 nitrogen and oxygen atoms in total. The maximum Gasteiger partial charge on any atom is 0.123 e. The van der Waals surface area contributed by atoms with Crippen molar-refractivity contribution in [2.45, 2.75) is 32.9 Å². The third-order valence-electron chi connectivity index (χ3n) is 2.61. The normalized spacial score (nSPS) is 12.8. The minimum Gasteiger partial charge on any atom is -0.496 e. The van der Waals surface area contributed by atoms with Crippen molar-refractivity contribution in [1.29, 1.82) is 0 Å². The number of para-hydroxylation sites is 1. The molecular formula is C14H23NO2. The van der Waals surface area contributed by atoms with E-state index in [9.17, 15) is 0 Å². The Morgan fingerprint density at radius 2 is 1.88 bits per heavy atom. The average Bonchev–Trinajstić information content (AvgIpc) is 2.34. The zero-order valence-corrected chi connectivity index (χ0v) is 11.2. The monoisotopic (exact) mass is 237 g/mol.